The molecule has 0 amide bonds. The quantitative estimate of drug-likeness (QED) is 0.855. The zero-order chi connectivity index (χ0) is 12.7. The molecule has 1 nitrogen and oxygen atoms in total. The lowest BCUT2D eigenvalue weighted by molar-refractivity contribution is -0.137. The molecule has 1 aliphatic carbocycles. The van der Waals surface area contributed by atoms with E-state index in [4.69, 9.17) is 0 Å². The van der Waals surface area contributed by atoms with Gasteiger partial charge in [-0.25, -0.2) is 0 Å². The zero-order valence-electron chi connectivity index (χ0n) is 9.93. The first-order valence-corrected chi connectivity index (χ1v) is 5.68. The number of benzene rings is 1. The molecular formula is C13H16F3N. The van der Waals surface area contributed by atoms with E-state index in [2.05, 4.69) is 19.2 Å². The van der Waals surface area contributed by atoms with E-state index in [0.717, 1.165) is 24.1 Å². The van der Waals surface area contributed by atoms with E-state index in [-0.39, 0.29) is 0 Å². The molecule has 94 valence electrons. The fraction of sp³-hybridized carbons (Fsp3) is 0.538. The summed E-state index contributed by atoms with van der Waals surface area (Å²) in [4.78, 5) is 0. The van der Waals surface area contributed by atoms with Crippen molar-refractivity contribution in [3.05, 3.63) is 35.4 Å². The van der Waals surface area contributed by atoms with Crippen molar-refractivity contribution in [2.75, 3.05) is 0 Å². The van der Waals surface area contributed by atoms with E-state index < -0.39 is 11.7 Å². The fourth-order valence-corrected chi connectivity index (χ4v) is 1.87. The lowest BCUT2D eigenvalue weighted by Gasteiger charge is -2.09. The van der Waals surface area contributed by atoms with Gasteiger partial charge in [-0.3, -0.25) is 0 Å². The Morgan fingerprint density at radius 3 is 2.18 bits per heavy atom. The van der Waals surface area contributed by atoms with Crippen LogP contribution in [-0.4, -0.2) is 6.04 Å². The number of alkyl halides is 3. The van der Waals surface area contributed by atoms with Crippen molar-refractivity contribution in [1.82, 2.24) is 5.32 Å². The summed E-state index contributed by atoms with van der Waals surface area (Å²) in [5.41, 5.74) is 0.639. The first-order valence-electron chi connectivity index (χ1n) is 5.68. The van der Waals surface area contributed by atoms with Crippen molar-refractivity contribution < 1.29 is 13.2 Å². The van der Waals surface area contributed by atoms with E-state index >= 15 is 0 Å². The summed E-state index contributed by atoms with van der Waals surface area (Å²) in [6.07, 6.45) is -3.11. The molecule has 0 aliphatic heterocycles. The Labute approximate surface area is 99.0 Å². The molecule has 1 aromatic carbocycles. The smallest absolute Gasteiger partial charge is 0.309 e. The molecule has 0 heterocycles. The Balaban J connectivity index is 1.91. The van der Waals surface area contributed by atoms with Crippen LogP contribution in [0.25, 0.3) is 0 Å². The maximum atomic E-state index is 12.3. The van der Waals surface area contributed by atoms with Gasteiger partial charge in [-0.2, -0.15) is 13.2 Å². The largest absolute Gasteiger partial charge is 0.416 e. The normalized spacial score (nSPS) is 22.5. The average molecular weight is 243 g/mol. The van der Waals surface area contributed by atoms with Crippen LogP contribution < -0.4 is 5.32 Å². The molecule has 1 aliphatic rings. The number of rotatable bonds is 3. The van der Waals surface area contributed by atoms with Gasteiger partial charge in [0.1, 0.15) is 0 Å². The van der Waals surface area contributed by atoms with Crippen LogP contribution in [0.3, 0.4) is 0 Å². The molecule has 0 spiro atoms. The molecule has 2 rings (SSSR count). The third kappa shape index (κ3) is 3.00. The molecular weight excluding hydrogens is 227 g/mol. The summed E-state index contributed by atoms with van der Waals surface area (Å²) in [5.74, 6) is 0. The van der Waals surface area contributed by atoms with Gasteiger partial charge in [0.2, 0.25) is 0 Å². The van der Waals surface area contributed by atoms with Crippen LogP contribution >= 0.6 is 0 Å². The van der Waals surface area contributed by atoms with Crippen LogP contribution in [0.15, 0.2) is 24.3 Å². The van der Waals surface area contributed by atoms with Crippen molar-refractivity contribution in [3.8, 4) is 0 Å². The maximum absolute atomic E-state index is 12.3. The third-order valence-corrected chi connectivity index (χ3v) is 3.35. The topological polar surface area (TPSA) is 12.0 Å². The van der Waals surface area contributed by atoms with E-state index in [9.17, 15) is 13.2 Å². The van der Waals surface area contributed by atoms with Gasteiger partial charge >= 0.3 is 6.18 Å². The Morgan fingerprint density at radius 1 is 1.24 bits per heavy atom. The minimum atomic E-state index is -4.25. The minimum Gasteiger partial charge on any atom is -0.309 e. The average Bonchev–Trinajstić information content (AvgIpc) is 2.83. The lowest BCUT2D eigenvalue weighted by atomic mass is 10.1. The van der Waals surface area contributed by atoms with Crippen molar-refractivity contribution in [2.24, 2.45) is 5.41 Å². The third-order valence-electron chi connectivity index (χ3n) is 3.35. The summed E-state index contributed by atoms with van der Waals surface area (Å²) in [6, 6.07) is 5.82. The summed E-state index contributed by atoms with van der Waals surface area (Å²) in [5, 5.41) is 3.34. The van der Waals surface area contributed by atoms with Gasteiger partial charge in [0, 0.05) is 12.6 Å². The summed E-state index contributed by atoms with van der Waals surface area (Å²) in [7, 11) is 0. The van der Waals surface area contributed by atoms with Crippen LogP contribution in [0.1, 0.15) is 31.4 Å². The molecule has 0 bridgehead atoms. The first-order chi connectivity index (χ1) is 7.79. The molecule has 1 saturated carbocycles. The van der Waals surface area contributed by atoms with E-state index in [1.807, 2.05) is 0 Å². The molecule has 1 unspecified atom stereocenters. The molecule has 4 heteroatoms. The van der Waals surface area contributed by atoms with Gasteiger partial charge in [0.25, 0.3) is 0 Å². The highest BCUT2D eigenvalue weighted by molar-refractivity contribution is 5.24. The number of hydrogen-bond acceptors (Lipinski definition) is 1. The predicted octanol–water partition coefficient (Wildman–Crippen LogP) is 3.59. The Kier molecular flexibility index (Phi) is 2.94. The number of hydrogen-bond donors (Lipinski definition) is 1. The van der Waals surface area contributed by atoms with Gasteiger partial charge in [-0.1, -0.05) is 26.0 Å². The van der Waals surface area contributed by atoms with Crippen LogP contribution in [0, 0.1) is 5.41 Å². The van der Waals surface area contributed by atoms with Gasteiger partial charge < -0.3 is 5.32 Å². The van der Waals surface area contributed by atoms with Gasteiger partial charge in [-0.15, -0.1) is 0 Å². The second kappa shape index (κ2) is 4.02. The number of nitrogens with one attached hydrogen (secondary N) is 1. The van der Waals surface area contributed by atoms with Crippen LogP contribution in [0.5, 0.6) is 0 Å². The second-order valence-corrected chi connectivity index (χ2v) is 5.32. The van der Waals surface area contributed by atoms with Crippen LogP contribution in [-0.2, 0) is 12.7 Å². The SMILES string of the molecule is CC1(C)CC1NCc1ccc(C(F)(F)F)cc1. The molecule has 17 heavy (non-hydrogen) atoms. The highest BCUT2D eigenvalue weighted by atomic mass is 19.4. The maximum Gasteiger partial charge on any atom is 0.416 e. The van der Waals surface area contributed by atoms with E-state index in [1.165, 1.54) is 12.1 Å². The Bertz CT molecular complexity index is 392. The minimum absolute atomic E-state index is 0.339. The molecule has 1 N–H and O–H groups in total. The molecule has 0 saturated heterocycles. The van der Waals surface area contributed by atoms with Crippen molar-refractivity contribution in [1.29, 1.82) is 0 Å². The van der Waals surface area contributed by atoms with Gasteiger partial charge in [0.15, 0.2) is 0 Å². The molecule has 1 atom stereocenters. The van der Waals surface area contributed by atoms with E-state index in [0.29, 0.717) is 18.0 Å². The monoisotopic (exact) mass is 243 g/mol. The second-order valence-electron chi connectivity index (χ2n) is 5.32. The van der Waals surface area contributed by atoms with Crippen LogP contribution in [0.4, 0.5) is 13.2 Å². The summed E-state index contributed by atoms with van der Waals surface area (Å²) in [6.45, 7) is 4.99. The lowest BCUT2D eigenvalue weighted by Crippen LogP contribution is -2.20. The Morgan fingerprint density at radius 2 is 1.76 bits per heavy atom. The van der Waals surface area contributed by atoms with Crippen molar-refractivity contribution >= 4 is 0 Å². The molecule has 0 aromatic heterocycles. The summed E-state index contributed by atoms with van der Waals surface area (Å²) < 4.78 is 37.0. The molecule has 0 radical (unpaired) electrons. The molecule has 1 fully saturated rings. The van der Waals surface area contributed by atoms with E-state index in [1.54, 1.807) is 0 Å². The zero-order valence-corrected chi connectivity index (χ0v) is 9.93. The predicted molar refractivity (Wildman–Crippen MR) is 60.5 cm³/mol. The van der Waals surface area contributed by atoms with Gasteiger partial charge in [0.05, 0.1) is 5.56 Å². The fourth-order valence-electron chi connectivity index (χ4n) is 1.87. The highest BCUT2D eigenvalue weighted by Crippen LogP contribution is 2.44. The van der Waals surface area contributed by atoms with Crippen molar-refractivity contribution in [2.45, 2.75) is 39.0 Å². The molecule has 1 aromatic rings. The first kappa shape index (κ1) is 12.4. The standard InChI is InChI=1S/C13H16F3N/c1-12(2)7-11(12)17-8-9-3-5-10(6-4-9)13(14,15)16/h3-6,11,17H,7-8H2,1-2H3. The van der Waals surface area contributed by atoms with Gasteiger partial charge in [-0.05, 0) is 29.5 Å². The number of halogens is 3. The highest BCUT2D eigenvalue weighted by Gasteiger charge is 2.44. The van der Waals surface area contributed by atoms with Crippen LogP contribution in [0.2, 0.25) is 0 Å². The Hall–Kier alpha value is -1.03. The van der Waals surface area contributed by atoms with Crippen molar-refractivity contribution in [3.63, 3.8) is 0 Å². The summed E-state index contributed by atoms with van der Waals surface area (Å²) >= 11 is 0.